The zero-order valence-electron chi connectivity index (χ0n) is 7.84. The summed E-state index contributed by atoms with van der Waals surface area (Å²) in [7, 11) is 0. The minimum absolute atomic E-state index is 0.215. The highest BCUT2D eigenvalue weighted by atomic mass is 32.2. The predicted octanol–water partition coefficient (Wildman–Crippen LogP) is 1.89. The molecule has 1 unspecified atom stereocenters. The number of carbonyl (C=O) groups excluding carboxylic acids is 1. The topological polar surface area (TPSA) is 32.7 Å². The Morgan fingerprint density at radius 3 is 2.73 bits per heavy atom. The summed E-state index contributed by atoms with van der Waals surface area (Å²) in [6.45, 7) is 0. The molecule has 1 heterocycles. The van der Waals surface area contributed by atoms with E-state index in [-0.39, 0.29) is 11.3 Å². The maximum absolute atomic E-state index is 12.7. The number of aliphatic imine (C=N–C) groups is 1. The van der Waals surface area contributed by atoms with Crippen molar-refractivity contribution in [1.29, 1.82) is 0 Å². The van der Waals surface area contributed by atoms with Crippen LogP contribution in [0.5, 0.6) is 0 Å². The van der Waals surface area contributed by atoms with Crippen LogP contribution in [0.1, 0.15) is 0 Å². The quantitative estimate of drug-likeness (QED) is 0.734. The lowest BCUT2D eigenvalue weighted by atomic mass is 10.3. The molecule has 0 N–H and O–H groups in total. The Morgan fingerprint density at radius 2 is 2.20 bits per heavy atom. The number of halogens is 1. The summed E-state index contributed by atoms with van der Waals surface area (Å²) in [6, 6.07) is 5.79. The number of amides is 1. The molecule has 78 valence electrons. The lowest BCUT2D eigenvalue weighted by molar-refractivity contribution is -0.107. The Balaban J connectivity index is 2.22. The fourth-order valence-electron chi connectivity index (χ4n) is 1.31. The smallest absolute Gasteiger partial charge is 0.216 e. The predicted molar refractivity (Wildman–Crippen MR) is 59.7 cm³/mol. The van der Waals surface area contributed by atoms with Crippen LogP contribution in [-0.4, -0.2) is 23.9 Å². The molecule has 15 heavy (non-hydrogen) atoms. The van der Waals surface area contributed by atoms with Crippen molar-refractivity contribution in [2.45, 2.75) is 5.50 Å². The molecule has 0 saturated heterocycles. The molecular weight excluding hydrogens is 215 g/mol. The number of rotatable bonds is 3. The first-order valence-corrected chi connectivity index (χ1v) is 5.48. The Labute approximate surface area is 91.0 Å². The van der Waals surface area contributed by atoms with Crippen molar-refractivity contribution in [3.8, 4) is 0 Å². The average molecular weight is 224 g/mol. The van der Waals surface area contributed by atoms with Gasteiger partial charge in [-0.1, -0.05) is 0 Å². The molecule has 1 aliphatic heterocycles. The van der Waals surface area contributed by atoms with E-state index in [0.717, 1.165) is 5.75 Å². The monoisotopic (exact) mass is 224 g/mol. The summed E-state index contributed by atoms with van der Waals surface area (Å²) in [5.74, 6) is 0.489. The van der Waals surface area contributed by atoms with Crippen LogP contribution in [0.2, 0.25) is 0 Å². The minimum atomic E-state index is -0.313. The molecule has 1 aliphatic rings. The fraction of sp³-hybridized carbons (Fsp3) is 0.200. The van der Waals surface area contributed by atoms with E-state index >= 15 is 0 Å². The van der Waals surface area contributed by atoms with E-state index < -0.39 is 0 Å². The van der Waals surface area contributed by atoms with Gasteiger partial charge in [0.15, 0.2) is 5.50 Å². The standard InChI is InChI=1S/C10H9FN2OS/c11-8-1-3-9(4-2-8)13(7-14)10-12-5-6-15-10/h1-5,7,10H,6H2. The van der Waals surface area contributed by atoms with E-state index in [1.54, 1.807) is 30.1 Å². The van der Waals surface area contributed by atoms with Gasteiger partial charge < -0.3 is 0 Å². The summed E-state index contributed by atoms with van der Waals surface area (Å²) < 4.78 is 12.7. The van der Waals surface area contributed by atoms with Crippen molar-refractivity contribution in [3.05, 3.63) is 30.1 Å². The Hall–Kier alpha value is -1.36. The zero-order valence-corrected chi connectivity index (χ0v) is 8.65. The molecule has 3 nitrogen and oxygen atoms in total. The van der Waals surface area contributed by atoms with Gasteiger partial charge in [-0.3, -0.25) is 14.7 Å². The maximum Gasteiger partial charge on any atom is 0.216 e. The molecule has 0 saturated carbocycles. The number of benzene rings is 1. The van der Waals surface area contributed by atoms with Crippen molar-refractivity contribution in [2.24, 2.45) is 4.99 Å². The van der Waals surface area contributed by atoms with Crippen molar-refractivity contribution in [1.82, 2.24) is 0 Å². The zero-order chi connectivity index (χ0) is 10.7. The molecule has 0 spiro atoms. The van der Waals surface area contributed by atoms with Gasteiger partial charge in [0.05, 0.1) is 0 Å². The van der Waals surface area contributed by atoms with Gasteiger partial charge in [-0.15, -0.1) is 11.8 Å². The molecule has 1 aromatic carbocycles. The molecule has 0 bridgehead atoms. The first-order chi connectivity index (χ1) is 7.31. The summed E-state index contributed by atoms with van der Waals surface area (Å²) in [4.78, 5) is 16.5. The highest BCUT2D eigenvalue weighted by Crippen LogP contribution is 2.25. The van der Waals surface area contributed by atoms with Crippen LogP contribution in [0.4, 0.5) is 10.1 Å². The molecule has 1 atom stereocenters. The van der Waals surface area contributed by atoms with Crippen molar-refractivity contribution in [3.63, 3.8) is 0 Å². The largest absolute Gasteiger partial charge is 0.283 e. The van der Waals surface area contributed by atoms with Crippen molar-refractivity contribution < 1.29 is 9.18 Å². The summed E-state index contributed by atoms with van der Waals surface area (Å²) in [5, 5.41) is 0. The van der Waals surface area contributed by atoms with E-state index in [2.05, 4.69) is 4.99 Å². The SMILES string of the molecule is O=CN(c1ccc(F)cc1)C1N=CCS1. The van der Waals surface area contributed by atoms with E-state index in [0.29, 0.717) is 12.1 Å². The Morgan fingerprint density at radius 1 is 1.47 bits per heavy atom. The Kier molecular flexibility index (Phi) is 3.01. The van der Waals surface area contributed by atoms with E-state index in [1.165, 1.54) is 17.0 Å². The van der Waals surface area contributed by atoms with E-state index in [1.807, 2.05) is 0 Å². The molecule has 1 aromatic rings. The molecule has 2 rings (SSSR count). The van der Waals surface area contributed by atoms with Gasteiger partial charge in [-0.2, -0.15) is 0 Å². The van der Waals surface area contributed by atoms with Gasteiger partial charge in [-0.25, -0.2) is 4.39 Å². The molecule has 0 aromatic heterocycles. The van der Waals surface area contributed by atoms with Crippen LogP contribution in [0.25, 0.3) is 0 Å². The molecule has 1 amide bonds. The van der Waals surface area contributed by atoms with Crippen molar-refractivity contribution in [2.75, 3.05) is 10.7 Å². The van der Waals surface area contributed by atoms with Crippen LogP contribution < -0.4 is 4.90 Å². The number of nitrogens with zero attached hydrogens (tertiary/aromatic N) is 2. The number of thioether (sulfide) groups is 1. The third kappa shape index (κ3) is 2.18. The van der Waals surface area contributed by atoms with Gasteiger partial charge in [0, 0.05) is 17.7 Å². The molecule has 0 radical (unpaired) electrons. The van der Waals surface area contributed by atoms with Gasteiger partial charge >= 0.3 is 0 Å². The molecule has 5 heteroatoms. The number of carbonyl (C=O) groups is 1. The van der Waals surface area contributed by atoms with Crippen LogP contribution in [0, 0.1) is 5.82 Å². The van der Waals surface area contributed by atoms with Crippen LogP contribution in [0.15, 0.2) is 29.3 Å². The van der Waals surface area contributed by atoms with Gasteiger partial charge in [0.1, 0.15) is 5.82 Å². The van der Waals surface area contributed by atoms with Crippen molar-refractivity contribution >= 4 is 30.1 Å². The highest BCUT2D eigenvalue weighted by Gasteiger charge is 2.20. The average Bonchev–Trinajstić information content (AvgIpc) is 2.75. The fourth-order valence-corrected chi connectivity index (χ4v) is 2.16. The lowest BCUT2D eigenvalue weighted by Gasteiger charge is -2.21. The number of hydrogen-bond acceptors (Lipinski definition) is 3. The summed E-state index contributed by atoms with van der Waals surface area (Å²) in [6.07, 6.45) is 2.49. The normalized spacial score (nSPS) is 19.1. The first-order valence-electron chi connectivity index (χ1n) is 4.44. The summed E-state index contributed by atoms with van der Waals surface area (Å²) >= 11 is 1.55. The van der Waals surface area contributed by atoms with Gasteiger partial charge in [-0.05, 0) is 24.3 Å². The third-order valence-corrected chi connectivity index (χ3v) is 3.02. The van der Waals surface area contributed by atoms with Gasteiger partial charge in [0.25, 0.3) is 0 Å². The molecule has 0 aliphatic carbocycles. The van der Waals surface area contributed by atoms with Crippen LogP contribution in [0.3, 0.4) is 0 Å². The van der Waals surface area contributed by atoms with E-state index in [9.17, 15) is 9.18 Å². The highest BCUT2D eigenvalue weighted by molar-refractivity contribution is 8.00. The third-order valence-electron chi connectivity index (χ3n) is 2.03. The minimum Gasteiger partial charge on any atom is -0.283 e. The lowest BCUT2D eigenvalue weighted by Crippen LogP contribution is -2.28. The maximum atomic E-state index is 12.7. The first kappa shape index (κ1) is 10.2. The second-order valence-electron chi connectivity index (χ2n) is 2.98. The van der Waals surface area contributed by atoms with Crippen LogP contribution >= 0.6 is 11.8 Å². The van der Waals surface area contributed by atoms with E-state index in [4.69, 9.17) is 0 Å². The second-order valence-corrected chi connectivity index (χ2v) is 4.07. The van der Waals surface area contributed by atoms with Gasteiger partial charge in [0.2, 0.25) is 6.41 Å². The number of anilines is 1. The van der Waals surface area contributed by atoms with Crippen LogP contribution in [-0.2, 0) is 4.79 Å². The Bertz CT molecular complexity index is 380. The molecule has 0 fully saturated rings. The number of hydrogen-bond donors (Lipinski definition) is 0. The molecular formula is C10H9FN2OS. The second kappa shape index (κ2) is 4.44. The summed E-state index contributed by atoms with van der Waals surface area (Å²) in [5.41, 5.74) is 0.441.